The number of fused-ring (bicyclic) bond motifs is 10. The van der Waals surface area contributed by atoms with E-state index in [2.05, 4.69) is 36.2 Å². The summed E-state index contributed by atoms with van der Waals surface area (Å²) in [6, 6.07) is 11.5. The van der Waals surface area contributed by atoms with Gasteiger partial charge in [0.2, 0.25) is 11.9 Å². The molecule has 0 atom stereocenters. The predicted octanol–water partition coefficient (Wildman–Crippen LogP) is 4.68. The van der Waals surface area contributed by atoms with Gasteiger partial charge in [0.05, 0.1) is 24.2 Å². The van der Waals surface area contributed by atoms with Crippen LogP contribution < -0.4 is 35.5 Å². The number of hydrogen-bond acceptors (Lipinski definition) is 11. The zero-order valence-electron chi connectivity index (χ0n) is 26.2. The number of carboxylic acid groups (broad SMARTS) is 1. The first kappa shape index (κ1) is 34.5. The summed E-state index contributed by atoms with van der Waals surface area (Å²) in [7, 11) is 0. The van der Waals surface area contributed by atoms with E-state index in [0.29, 0.717) is 57.0 Å². The van der Waals surface area contributed by atoms with Gasteiger partial charge in [-0.3, -0.25) is 9.59 Å². The van der Waals surface area contributed by atoms with Gasteiger partial charge in [0, 0.05) is 24.8 Å². The number of halogens is 3. The topological polar surface area (TPSA) is 169 Å². The molecular formula is C32H38F3N7O6. The zero-order chi connectivity index (χ0) is 34.0. The Morgan fingerprint density at radius 1 is 0.938 bits per heavy atom. The molecule has 16 heteroatoms. The molecule has 258 valence electrons. The van der Waals surface area contributed by atoms with Crippen LogP contribution >= 0.6 is 0 Å². The van der Waals surface area contributed by atoms with Crippen molar-refractivity contribution in [2.24, 2.45) is 5.41 Å². The maximum Gasteiger partial charge on any atom is 0.422 e. The van der Waals surface area contributed by atoms with Crippen LogP contribution in [0.2, 0.25) is 0 Å². The number of carboxylic acids is 1. The fourth-order valence-electron chi connectivity index (χ4n) is 5.27. The van der Waals surface area contributed by atoms with E-state index in [1.807, 2.05) is 24.3 Å². The number of rotatable bonds is 6. The van der Waals surface area contributed by atoms with Crippen LogP contribution in [0.5, 0.6) is 17.5 Å². The van der Waals surface area contributed by atoms with Crippen LogP contribution in [0, 0.1) is 5.41 Å². The van der Waals surface area contributed by atoms with Gasteiger partial charge in [0.1, 0.15) is 11.5 Å². The van der Waals surface area contributed by atoms with Crippen molar-refractivity contribution in [3.8, 4) is 17.5 Å². The summed E-state index contributed by atoms with van der Waals surface area (Å²) >= 11 is 0. The van der Waals surface area contributed by atoms with Gasteiger partial charge >= 0.3 is 18.2 Å². The van der Waals surface area contributed by atoms with Gasteiger partial charge < -0.3 is 40.6 Å². The number of anilines is 3. The van der Waals surface area contributed by atoms with Crippen molar-refractivity contribution in [3.05, 3.63) is 53.6 Å². The van der Waals surface area contributed by atoms with Crippen molar-refractivity contribution in [1.29, 1.82) is 0 Å². The van der Waals surface area contributed by atoms with Crippen LogP contribution in [0.25, 0.3) is 0 Å². The molecule has 1 amide bonds. The van der Waals surface area contributed by atoms with Crippen LogP contribution in [0.1, 0.15) is 54.4 Å². The molecule has 5 N–H and O–H groups in total. The van der Waals surface area contributed by atoms with E-state index >= 15 is 0 Å². The van der Waals surface area contributed by atoms with Gasteiger partial charge in [0.25, 0.3) is 5.91 Å². The predicted molar refractivity (Wildman–Crippen MR) is 169 cm³/mol. The molecule has 3 aromatic rings. The lowest BCUT2D eigenvalue weighted by atomic mass is 9.79. The second-order valence-electron chi connectivity index (χ2n) is 11.6. The first-order chi connectivity index (χ1) is 23.1. The van der Waals surface area contributed by atoms with Crippen LogP contribution in [0.15, 0.2) is 42.5 Å². The summed E-state index contributed by atoms with van der Waals surface area (Å²) in [6.07, 6.45) is -0.547. The van der Waals surface area contributed by atoms with Crippen LogP contribution in [-0.2, 0) is 11.3 Å². The quantitative estimate of drug-likeness (QED) is 0.245. The van der Waals surface area contributed by atoms with Crippen LogP contribution in [0.4, 0.5) is 30.8 Å². The largest absolute Gasteiger partial charge is 0.494 e. The molecule has 3 aliphatic rings. The molecule has 1 saturated heterocycles. The van der Waals surface area contributed by atoms with Gasteiger partial charge in [-0.05, 0) is 81.4 Å². The monoisotopic (exact) mass is 673 g/mol. The Hall–Kier alpha value is -4.86. The molecule has 13 nitrogen and oxygen atoms in total. The van der Waals surface area contributed by atoms with E-state index < -0.39 is 36.1 Å². The minimum atomic E-state index is -4.61. The average Bonchev–Trinajstić information content (AvgIpc) is 3.07. The van der Waals surface area contributed by atoms with E-state index in [4.69, 9.17) is 14.2 Å². The van der Waals surface area contributed by atoms with Crippen molar-refractivity contribution in [2.45, 2.75) is 51.2 Å². The second kappa shape index (κ2) is 15.8. The number of carbonyl (C=O) groups excluding carboxylic acids is 1. The van der Waals surface area contributed by atoms with Crippen LogP contribution in [-0.4, -0.2) is 77.6 Å². The Bertz CT molecular complexity index is 1550. The normalized spacial score (nSPS) is 16.9. The fourth-order valence-corrected chi connectivity index (χ4v) is 5.27. The van der Waals surface area contributed by atoms with Crippen molar-refractivity contribution >= 4 is 29.5 Å². The Balaban J connectivity index is 1.40. The molecule has 0 spiro atoms. The Labute approximate surface area is 275 Å². The summed E-state index contributed by atoms with van der Waals surface area (Å²) in [5.41, 5.74) is 0.343. The number of ether oxygens (including phenoxy) is 3. The van der Waals surface area contributed by atoms with Gasteiger partial charge in [-0.15, -0.1) is 0 Å². The molecule has 48 heavy (non-hydrogen) atoms. The van der Waals surface area contributed by atoms with Crippen LogP contribution in [0.3, 0.4) is 0 Å². The number of carbonyl (C=O) groups is 2. The Kier molecular flexibility index (Phi) is 11.4. The third kappa shape index (κ3) is 9.82. The molecule has 0 saturated carbocycles. The first-order valence-electron chi connectivity index (χ1n) is 15.8. The lowest BCUT2D eigenvalue weighted by Crippen LogP contribution is -2.49. The van der Waals surface area contributed by atoms with E-state index in [1.165, 1.54) is 6.07 Å². The highest BCUT2D eigenvalue weighted by Crippen LogP contribution is 2.30. The summed E-state index contributed by atoms with van der Waals surface area (Å²) in [4.78, 5) is 37.8. The number of hydrogen-bond donors (Lipinski definition) is 5. The molecule has 0 unspecified atom stereocenters. The van der Waals surface area contributed by atoms with E-state index in [0.717, 1.165) is 24.8 Å². The SMILES string of the molecule is O=C(NCC1(C(=O)O)CCNCC1)c1ccc2cc1OCCCCCCOc1ccc(cc1)CNc1nc(nc(OCC(F)(F)F)n1)N2. The molecular weight excluding hydrogens is 635 g/mol. The number of nitrogens with zero attached hydrogens (tertiary/aromatic N) is 3. The van der Waals surface area contributed by atoms with E-state index in [9.17, 15) is 27.9 Å². The third-order valence-corrected chi connectivity index (χ3v) is 8.00. The summed E-state index contributed by atoms with van der Waals surface area (Å²) in [5.74, 6) is -0.675. The summed E-state index contributed by atoms with van der Waals surface area (Å²) in [5, 5.41) is 21.8. The van der Waals surface area contributed by atoms with E-state index in [1.54, 1.807) is 12.1 Å². The maximum atomic E-state index is 13.4. The Morgan fingerprint density at radius 2 is 1.65 bits per heavy atom. The number of amides is 1. The first-order valence-corrected chi connectivity index (χ1v) is 15.8. The molecule has 1 fully saturated rings. The average molecular weight is 674 g/mol. The standard InChI is InChI=1S/C32H38F3N7O6/c33-32(34,35)20-48-30-41-28-37-18-21-5-8-23(9-6-21)46-15-3-1-2-4-16-47-25-17-22(39-29(40-28)42-30)7-10-24(25)26(43)38-19-31(27(44)45)11-13-36-14-12-31/h5-10,17,36H,1-4,11-16,18-20H2,(H,38,43)(H,44,45)(H2,37,39,40,41,42). The molecule has 6 bridgehead atoms. The van der Waals surface area contributed by atoms with Gasteiger partial charge in [0.15, 0.2) is 6.61 Å². The minimum Gasteiger partial charge on any atom is -0.494 e. The lowest BCUT2D eigenvalue weighted by molar-refractivity contribution is -0.154. The molecule has 0 aliphatic carbocycles. The van der Waals surface area contributed by atoms with Gasteiger partial charge in [-0.2, -0.15) is 28.1 Å². The highest BCUT2D eigenvalue weighted by Gasteiger charge is 2.40. The summed E-state index contributed by atoms with van der Waals surface area (Å²) in [6.45, 7) is 0.516. The van der Waals surface area contributed by atoms with Crippen molar-refractivity contribution in [2.75, 3.05) is 50.1 Å². The van der Waals surface area contributed by atoms with Crippen molar-refractivity contribution < 1.29 is 42.1 Å². The number of piperidine rings is 1. The van der Waals surface area contributed by atoms with Gasteiger partial charge in [-0.1, -0.05) is 12.1 Å². The molecule has 1 aromatic heterocycles. The minimum absolute atomic E-state index is 0.0337. The van der Waals surface area contributed by atoms with Gasteiger partial charge in [-0.25, -0.2) is 0 Å². The summed E-state index contributed by atoms with van der Waals surface area (Å²) < 4.78 is 55.5. The number of alkyl halides is 3. The molecule has 2 aromatic carbocycles. The van der Waals surface area contributed by atoms with Crippen molar-refractivity contribution in [1.82, 2.24) is 25.6 Å². The Morgan fingerprint density at radius 3 is 2.35 bits per heavy atom. The number of aromatic nitrogens is 3. The third-order valence-electron chi connectivity index (χ3n) is 8.00. The smallest absolute Gasteiger partial charge is 0.422 e. The fraction of sp³-hybridized carbons (Fsp3) is 0.469. The maximum absolute atomic E-state index is 13.4. The zero-order valence-corrected chi connectivity index (χ0v) is 26.2. The number of nitrogens with one attached hydrogen (secondary N) is 4. The number of aliphatic carboxylic acids is 1. The molecule has 6 rings (SSSR count). The molecule has 4 heterocycles. The van der Waals surface area contributed by atoms with Crippen molar-refractivity contribution in [3.63, 3.8) is 0 Å². The number of benzene rings is 2. The molecule has 3 aliphatic heterocycles. The van der Waals surface area contributed by atoms with E-state index in [-0.39, 0.29) is 36.3 Å². The second-order valence-corrected chi connectivity index (χ2v) is 11.6. The highest BCUT2D eigenvalue weighted by molar-refractivity contribution is 5.97. The lowest BCUT2D eigenvalue weighted by Gasteiger charge is -2.33. The molecule has 0 radical (unpaired) electrons. The highest BCUT2D eigenvalue weighted by atomic mass is 19.4.